The Labute approximate surface area is 122 Å². The predicted molar refractivity (Wildman–Crippen MR) is 86.2 cm³/mol. The van der Waals surface area contributed by atoms with Crippen LogP contribution in [0.2, 0.25) is 0 Å². The van der Waals surface area contributed by atoms with Gasteiger partial charge in [0.15, 0.2) is 0 Å². The van der Waals surface area contributed by atoms with Gasteiger partial charge in [0.1, 0.15) is 5.75 Å². The zero-order chi connectivity index (χ0) is 14.6. The fourth-order valence-electron chi connectivity index (χ4n) is 1.96. The molecule has 2 aromatic carbocycles. The second-order valence-electron chi connectivity index (χ2n) is 4.22. The molecule has 2 heteroatoms. The van der Waals surface area contributed by atoms with Gasteiger partial charge in [-0.3, -0.25) is 0 Å². The molecule has 108 valence electrons. The summed E-state index contributed by atoms with van der Waals surface area (Å²) in [6, 6.07) is 18.6. The van der Waals surface area contributed by atoms with E-state index in [1.54, 1.807) is 7.11 Å². The molecule has 2 rings (SSSR count). The maximum Gasteiger partial charge on any atom is 0.122 e. The summed E-state index contributed by atoms with van der Waals surface area (Å²) in [5, 5.41) is 3.45. The van der Waals surface area contributed by atoms with Gasteiger partial charge >= 0.3 is 0 Å². The summed E-state index contributed by atoms with van der Waals surface area (Å²) in [5.74, 6) is 0.971. The fraction of sp³-hybridized carbons (Fsp3) is 0.333. The Balaban J connectivity index is 0.000000956. The molecule has 0 atom stereocenters. The molecular formula is C18H25NO. The Morgan fingerprint density at radius 1 is 0.900 bits per heavy atom. The van der Waals surface area contributed by atoms with Crippen LogP contribution in [-0.4, -0.2) is 13.7 Å². The maximum absolute atomic E-state index is 5.33. The van der Waals surface area contributed by atoms with E-state index in [0.717, 1.165) is 25.3 Å². The quantitative estimate of drug-likeness (QED) is 0.800. The van der Waals surface area contributed by atoms with Gasteiger partial charge in [-0.1, -0.05) is 62.4 Å². The SMILES string of the molecule is CC.COc1ccccc1CCNCc1ccccc1. The Bertz CT molecular complexity index is 468. The van der Waals surface area contributed by atoms with Crippen LogP contribution in [0.3, 0.4) is 0 Å². The first kappa shape index (κ1) is 16.3. The minimum absolute atomic E-state index is 0.913. The molecule has 0 heterocycles. The highest BCUT2D eigenvalue weighted by Gasteiger charge is 2.00. The summed E-state index contributed by atoms with van der Waals surface area (Å²) in [6.07, 6.45) is 0.983. The highest BCUT2D eigenvalue weighted by Crippen LogP contribution is 2.17. The molecule has 2 nitrogen and oxygen atoms in total. The van der Waals surface area contributed by atoms with Gasteiger partial charge in [-0.25, -0.2) is 0 Å². The molecule has 0 aliphatic heterocycles. The molecule has 0 aliphatic rings. The minimum atomic E-state index is 0.913. The van der Waals surface area contributed by atoms with Gasteiger partial charge in [-0.15, -0.1) is 0 Å². The average Bonchev–Trinajstić information content (AvgIpc) is 2.55. The molecule has 0 fully saturated rings. The number of hydrogen-bond donors (Lipinski definition) is 1. The molecule has 0 bridgehead atoms. The van der Waals surface area contributed by atoms with Crippen molar-refractivity contribution < 1.29 is 4.74 Å². The lowest BCUT2D eigenvalue weighted by Gasteiger charge is -2.09. The van der Waals surface area contributed by atoms with E-state index < -0.39 is 0 Å². The normalized spacial score (nSPS) is 9.55. The molecule has 1 N–H and O–H groups in total. The van der Waals surface area contributed by atoms with Crippen LogP contribution in [0, 0.1) is 0 Å². The van der Waals surface area contributed by atoms with Crippen molar-refractivity contribution in [2.45, 2.75) is 26.8 Å². The van der Waals surface area contributed by atoms with E-state index in [0.29, 0.717) is 0 Å². The van der Waals surface area contributed by atoms with Gasteiger partial charge in [-0.2, -0.15) is 0 Å². The first-order valence-electron chi connectivity index (χ1n) is 7.26. The van der Waals surface area contributed by atoms with Gasteiger partial charge in [0.05, 0.1) is 7.11 Å². The van der Waals surface area contributed by atoms with Crippen molar-refractivity contribution in [2.75, 3.05) is 13.7 Å². The van der Waals surface area contributed by atoms with E-state index in [1.807, 2.05) is 32.0 Å². The van der Waals surface area contributed by atoms with Crippen molar-refractivity contribution >= 4 is 0 Å². The van der Waals surface area contributed by atoms with Gasteiger partial charge in [-0.05, 0) is 30.2 Å². The number of rotatable bonds is 6. The van der Waals surface area contributed by atoms with Crippen LogP contribution in [0.25, 0.3) is 0 Å². The van der Waals surface area contributed by atoms with Gasteiger partial charge in [0, 0.05) is 6.54 Å². The number of nitrogens with one attached hydrogen (secondary N) is 1. The molecule has 0 unspecified atom stereocenters. The maximum atomic E-state index is 5.33. The average molecular weight is 271 g/mol. The number of hydrogen-bond acceptors (Lipinski definition) is 2. The Kier molecular flexibility index (Phi) is 8.16. The van der Waals surface area contributed by atoms with Crippen LogP contribution in [-0.2, 0) is 13.0 Å². The van der Waals surface area contributed by atoms with E-state index in [-0.39, 0.29) is 0 Å². The van der Waals surface area contributed by atoms with E-state index in [1.165, 1.54) is 11.1 Å². The molecule has 0 aliphatic carbocycles. The van der Waals surface area contributed by atoms with E-state index >= 15 is 0 Å². The summed E-state index contributed by atoms with van der Waals surface area (Å²) in [5.41, 5.74) is 2.57. The summed E-state index contributed by atoms with van der Waals surface area (Å²) >= 11 is 0. The third-order valence-electron chi connectivity index (χ3n) is 2.94. The van der Waals surface area contributed by atoms with Crippen LogP contribution in [0.15, 0.2) is 54.6 Å². The largest absolute Gasteiger partial charge is 0.496 e. The molecule has 0 saturated carbocycles. The summed E-state index contributed by atoms with van der Waals surface area (Å²) in [7, 11) is 1.72. The van der Waals surface area contributed by atoms with Crippen molar-refractivity contribution in [1.29, 1.82) is 0 Å². The first-order chi connectivity index (χ1) is 9.90. The van der Waals surface area contributed by atoms with Gasteiger partial charge in [0.25, 0.3) is 0 Å². The first-order valence-corrected chi connectivity index (χ1v) is 7.26. The van der Waals surface area contributed by atoms with E-state index in [4.69, 9.17) is 4.74 Å². The van der Waals surface area contributed by atoms with Crippen molar-refractivity contribution in [3.63, 3.8) is 0 Å². The van der Waals surface area contributed by atoms with Crippen LogP contribution in [0.4, 0.5) is 0 Å². The Morgan fingerprint density at radius 2 is 1.55 bits per heavy atom. The fourth-order valence-corrected chi connectivity index (χ4v) is 1.96. The molecule has 0 amide bonds. The second-order valence-corrected chi connectivity index (χ2v) is 4.22. The monoisotopic (exact) mass is 271 g/mol. The van der Waals surface area contributed by atoms with Gasteiger partial charge in [0.2, 0.25) is 0 Å². The smallest absolute Gasteiger partial charge is 0.122 e. The molecular weight excluding hydrogens is 246 g/mol. The lowest BCUT2D eigenvalue weighted by molar-refractivity contribution is 0.409. The van der Waals surface area contributed by atoms with Gasteiger partial charge < -0.3 is 10.1 Å². The van der Waals surface area contributed by atoms with E-state index in [9.17, 15) is 0 Å². The zero-order valence-corrected chi connectivity index (χ0v) is 12.7. The van der Waals surface area contributed by atoms with E-state index in [2.05, 4.69) is 41.7 Å². The van der Waals surface area contributed by atoms with Crippen molar-refractivity contribution in [3.8, 4) is 5.75 Å². The lowest BCUT2D eigenvalue weighted by atomic mass is 10.1. The van der Waals surface area contributed by atoms with Crippen molar-refractivity contribution in [1.82, 2.24) is 5.32 Å². The number of methoxy groups -OCH3 is 1. The molecule has 0 saturated heterocycles. The van der Waals surface area contributed by atoms with Crippen molar-refractivity contribution in [3.05, 3.63) is 65.7 Å². The summed E-state index contributed by atoms with van der Waals surface area (Å²) in [4.78, 5) is 0. The highest BCUT2D eigenvalue weighted by atomic mass is 16.5. The van der Waals surface area contributed by atoms with Crippen LogP contribution in [0.1, 0.15) is 25.0 Å². The summed E-state index contributed by atoms with van der Waals surface area (Å²) < 4.78 is 5.33. The Morgan fingerprint density at radius 3 is 2.25 bits per heavy atom. The summed E-state index contributed by atoms with van der Waals surface area (Å²) in [6.45, 7) is 5.87. The molecule has 20 heavy (non-hydrogen) atoms. The Hall–Kier alpha value is -1.80. The molecule has 0 aromatic heterocycles. The number of ether oxygens (including phenoxy) is 1. The molecule has 0 spiro atoms. The molecule has 0 radical (unpaired) electrons. The van der Waals surface area contributed by atoms with Crippen LogP contribution in [0.5, 0.6) is 5.75 Å². The lowest BCUT2D eigenvalue weighted by Crippen LogP contribution is -2.16. The van der Waals surface area contributed by atoms with Crippen LogP contribution >= 0.6 is 0 Å². The minimum Gasteiger partial charge on any atom is -0.496 e. The standard InChI is InChI=1S/C16H19NO.C2H6/c1-18-16-10-6-5-9-15(16)11-12-17-13-14-7-3-2-4-8-14;1-2/h2-10,17H,11-13H2,1H3;1-2H3. The number of benzene rings is 2. The topological polar surface area (TPSA) is 21.3 Å². The molecule has 2 aromatic rings. The highest BCUT2D eigenvalue weighted by molar-refractivity contribution is 5.33. The van der Waals surface area contributed by atoms with Crippen molar-refractivity contribution in [2.24, 2.45) is 0 Å². The third-order valence-corrected chi connectivity index (χ3v) is 2.94. The van der Waals surface area contributed by atoms with Crippen LogP contribution < -0.4 is 10.1 Å². The number of para-hydroxylation sites is 1. The predicted octanol–water partition coefficient (Wildman–Crippen LogP) is 4.05. The second kappa shape index (κ2) is 10.0. The zero-order valence-electron chi connectivity index (χ0n) is 12.7. The third kappa shape index (κ3) is 5.45.